The van der Waals surface area contributed by atoms with Gasteiger partial charge in [-0.2, -0.15) is 9.13 Å². The van der Waals surface area contributed by atoms with Crippen molar-refractivity contribution in [1.82, 2.24) is 14.1 Å². The van der Waals surface area contributed by atoms with E-state index in [9.17, 15) is 0 Å². The van der Waals surface area contributed by atoms with Crippen LogP contribution in [0.25, 0.3) is 94.2 Å². The second-order valence-corrected chi connectivity index (χ2v) is 29.7. The third kappa shape index (κ3) is 9.99. The van der Waals surface area contributed by atoms with Crippen LogP contribution in [0, 0.1) is 0 Å². The van der Waals surface area contributed by atoms with Crippen LogP contribution in [-0.4, -0.2) is 14.1 Å². The van der Waals surface area contributed by atoms with Gasteiger partial charge in [-0.05, 0) is 156 Å². The smallest absolute Gasteiger partial charge is 0.255 e. The summed E-state index contributed by atoms with van der Waals surface area (Å²) < 4.78 is 20.7. The van der Waals surface area contributed by atoms with Crippen LogP contribution >= 0.6 is 0 Å². The van der Waals surface area contributed by atoms with Crippen molar-refractivity contribution in [2.75, 3.05) is 0 Å². The van der Waals surface area contributed by atoms with Gasteiger partial charge in [-0.25, -0.2) is 4.98 Å². The van der Waals surface area contributed by atoms with Crippen LogP contribution < -0.4 is 9.30 Å². The molecule has 0 aliphatic heterocycles. The Labute approximate surface area is 497 Å². The summed E-state index contributed by atoms with van der Waals surface area (Å²) in [4.78, 5) is 5.08. The number of furan rings is 1. The van der Waals surface area contributed by atoms with Crippen molar-refractivity contribution in [2.24, 2.45) is 0 Å². The van der Waals surface area contributed by atoms with Crippen molar-refractivity contribution in [2.45, 2.75) is 157 Å². The lowest BCUT2D eigenvalue weighted by atomic mass is 9.74. The van der Waals surface area contributed by atoms with Gasteiger partial charge in [0, 0.05) is 45.6 Å². The number of aromatic nitrogens is 4. The van der Waals surface area contributed by atoms with Gasteiger partial charge < -0.3 is 9.15 Å². The molecule has 426 valence electrons. The monoisotopic (exact) mass is 1110 g/mol. The first-order valence-electron chi connectivity index (χ1n) is 30.1. The van der Waals surface area contributed by atoms with Crippen LogP contribution in [-0.2, 0) is 32.5 Å². The zero-order valence-corrected chi connectivity index (χ0v) is 52.8. The fourth-order valence-corrected chi connectivity index (χ4v) is 12.4. The summed E-state index contributed by atoms with van der Waals surface area (Å²) in [5, 5.41) is 4.38. The predicted octanol–water partition coefficient (Wildman–Crippen LogP) is 21.2. The molecule has 0 saturated carbocycles. The minimum absolute atomic E-state index is 0.0751. The Morgan fingerprint density at radius 3 is 1.60 bits per heavy atom. The molecule has 0 aliphatic rings. The topological polar surface area (TPSA) is 49.0 Å². The average molecular weight is 1110 g/mol. The fourth-order valence-electron chi connectivity index (χ4n) is 12.4. The van der Waals surface area contributed by atoms with E-state index in [1.807, 2.05) is 18.3 Å². The molecule has 0 N–H and O–H groups in total. The van der Waals surface area contributed by atoms with Crippen molar-refractivity contribution >= 4 is 54.8 Å². The van der Waals surface area contributed by atoms with E-state index in [-0.39, 0.29) is 32.5 Å². The van der Waals surface area contributed by atoms with Crippen molar-refractivity contribution in [3.05, 3.63) is 210 Å². The molecular weight excluding hydrogens is 1020 g/mol. The standard InChI is InChI=1S/C78H83N4O2/c1-73(2,3)48-30-35-62(77(13,14)15)58(40-48)60-42-51(76(10,11)12)43-61(59-41-49(74(4,5)6)31-36-63(59)78(16,17)18)71(60)81-47-80(64-27-20-21-28-65(64)81)52-24-23-25-53(45-52)83-54-32-33-55-56-34-37-68-70(57-26-19-22-29-67(57)84-68)72(56)82(66(55)46-54)69-44-50(38-39-79-69)75(7,8)9/h19-47H,1-18H3/q+1. The van der Waals surface area contributed by atoms with Gasteiger partial charge in [-0.1, -0.05) is 197 Å². The largest absolute Gasteiger partial charge is 0.457 e. The molecule has 0 spiro atoms. The number of rotatable bonds is 7. The van der Waals surface area contributed by atoms with Crippen molar-refractivity contribution in [1.29, 1.82) is 0 Å². The Balaban J connectivity index is 1.08. The van der Waals surface area contributed by atoms with Crippen LogP contribution in [0.15, 0.2) is 181 Å². The molecule has 0 fully saturated rings. The van der Waals surface area contributed by atoms with Gasteiger partial charge in [0.25, 0.3) is 6.33 Å². The highest BCUT2D eigenvalue weighted by Gasteiger charge is 2.34. The summed E-state index contributed by atoms with van der Waals surface area (Å²) in [5.41, 5.74) is 20.1. The number of pyridine rings is 1. The lowest BCUT2D eigenvalue weighted by Crippen LogP contribution is -2.32. The van der Waals surface area contributed by atoms with Gasteiger partial charge in [-0.15, -0.1) is 0 Å². The molecule has 0 bridgehead atoms. The Morgan fingerprint density at radius 2 is 0.976 bits per heavy atom. The summed E-state index contributed by atoms with van der Waals surface area (Å²) >= 11 is 0. The average Bonchev–Trinajstić information content (AvgIpc) is 1.94. The highest BCUT2D eigenvalue weighted by atomic mass is 16.5. The van der Waals surface area contributed by atoms with Gasteiger partial charge in [0.1, 0.15) is 39.9 Å². The molecule has 8 aromatic carbocycles. The highest BCUT2D eigenvalue weighted by molar-refractivity contribution is 6.24. The van der Waals surface area contributed by atoms with Crippen LogP contribution in [0.5, 0.6) is 11.5 Å². The number of nitrogens with zero attached hydrogens (tertiary/aromatic N) is 4. The first kappa shape index (κ1) is 56.3. The molecule has 0 radical (unpaired) electrons. The van der Waals surface area contributed by atoms with Crippen LogP contribution in [0.3, 0.4) is 0 Å². The highest BCUT2D eigenvalue weighted by Crippen LogP contribution is 2.48. The molecule has 12 aromatic rings. The predicted molar refractivity (Wildman–Crippen MR) is 354 cm³/mol. The van der Waals surface area contributed by atoms with Gasteiger partial charge in [0.05, 0.1) is 16.4 Å². The maximum absolute atomic E-state index is 7.05. The maximum Gasteiger partial charge on any atom is 0.255 e. The second kappa shape index (κ2) is 19.7. The summed E-state index contributed by atoms with van der Waals surface area (Å²) in [5.74, 6) is 2.30. The molecule has 0 aliphatic carbocycles. The molecule has 0 saturated heterocycles. The summed E-state index contributed by atoms with van der Waals surface area (Å²) in [6.45, 7) is 41.9. The van der Waals surface area contributed by atoms with E-state index in [1.165, 1.54) is 55.6 Å². The van der Waals surface area contributed by atoms with Crippen LogP contribution in [0.2, 0.25) is 0 Å². The van der Waals surface area contributed by atoms with E-state index in [0.29, 0.717) is 0 Å². The molecule has 0 amide bonds. The zero-order chi connectivity index (χ0) is 59.8. The van der Waals surface area contributed by atoms with Crippen molar-refractivity contribution in [3.8, 4) is 50.9 Å². The molecule has 6 heteroatoms. The Morgan fingerprint density at radius 1 is 0.417 bits per heavy atom. The third-order valence-corrected chi connectivity index (χ3v) is 17.2. The first-order valence-corrected chi connectivity index (χ1v) is 30.1. The molecular formula is C78H83N4O2+. The van der Waals surface area contributed by atoms with E-state index in [0.717, 1.165) is 83.5 Å². The lowest BCUT2D eigenvalue weighted by molar-refractivity contribution is -0.566. The van der Waals surface area contributed by atoms with Crippen molar-refractivity contribution in [3.63, 3.8) is 0 Å². The number of ether oxygens (including phenoxy) is 1. The fraction of sp³-hybridized carbons (Fsp3) is 0.308. The first-order chi connectivity index (χ1) is 39.4. The molecule has 4 heterocycles. The summed E-state index contributed by atoms with van der Waals surface area (Å²) in [6.07, 6.45) is 4.26. The number of imidazole rings is 1. The Hall–Kier alpha value is -8.22. The Bertz CT molecular complexity index is 4470. The molecule has 0 atom stereocenters. The van der Waals surface area contributed by atoms with Crippen LogP contribution in [0.4, 0.5) is 0 Å². The summed E-state index contributed by atoms with van der Waals surface area (Å²) in [6, 6.07) is 60.4. The SMILES string of the molecule is CC(C)(C)c1ccnc(-n2c3cc(Oc4cccc(-n5c[n+](-c6c(-c7cc(C(C)(C)C)ccc7C(C)(C)C)cc(C(C)(C)C)cc6-c6cc(C(C)(C)C)ccc6C(C)(C)C)c6ccccc65)c4)ccc3c3ccc4oc5ccccc5c4c32)c1. The molecule has 84 heavy (non-hydrogen) atoms. The zero-order valence-electron chi connectivity index (χ0n) is 52.8. The van der Waals surface area contributed by atoms with E-state index in [4.69, 9.17) is 14.1 Å². The van der Waals surface area contributed by atoms with E-state index in [2.05, 4.69) is 296 Å². The number of para-hydroxylation sites is 3. The van der Waals surface area contributed by atoms with E-state index >= 15 is 0 Å². The summed E-state index contributed by atoms with van der Waals surface area (Å²) in [7, 11) is 0. The molecule has 4 aromatic heterocycles. The minimum Gasteiger partial charge on any atom is -0.457 e. The molecule has 6 nitrogen and oxygen atoms in total. The van der Waals surface area contributed by atoms with Gasteiger partial charge >= 0.3 is 0 Å². The normalized spacial score (nSPS) is 13.1. The third-order valence-electron chi connectivity index (χ3n) is 17.2. The van der Waals surface area contributed by atoms with Gasteiger partial charge in [0.15, 0.2) is 11.0 Å². The molecule has 0 unspecified atom stereocenters. The number of benzene rings is 8. The van der Waals surface area contributed by atoms with Crippen LogP contribution in [0.1, 0.15) is 158 Å². The molecule has 12 rings (SSSR count). The lowest BCUT2D eigenvalue weighted by Gasteiger charge is -2.31. The van der Waals surface area contributed by atoms with Gasteiger partial charge in [0.2, 0.25) is 0 Å². The second-order valence-electron chi connectivity index (χ2n) is 29.7. The van der Waals surface area contributed by atoms with E-state index in [1.54, 1.807) is 0 Å². The minimum atomic E-state index is -0.162. The quantitative estimate of drug-likeness (QED) is 0.149. The number of hydrogen-bond acceptors (Lipinski definition) is 3. The van der Waals surface area contributed by atoms with E-state index < -0.39 is 0 Å². The maximum atomic E-state index is 7.05. The number of hydrogen-bond donors (Lipinski definition) is 0. The van der Waals surface area contributed by atoms with Crippen molar-refractivity contribution < 1.29 is 13.7 Å². The number of fused-ring (bicyclic) bond motifs is 8. The van der Waals surface area contributed by atoms with Gasteiger partial charge in [-0.3, -0.25) is 4.57 Å². The Kier molecular flexibility index (Phi) is 13.2.